The number of hydrogen-bond donors (Lipinski definition) is 2. The standard InChI is InChI=1S/C6H7N3O4/c1-2-3-4(9(12)13)5(10)8-6(11)7-3/h2H2,1H3,(H2,7,8,10,11). The highest BCUT2D eigenvalue weighted by atomic mass is 16.6. The highest BCUT2D eigenvalue weighted by molar-refractivity contribution is 5.31. The molecule has 0 amide bonds. The predicted octanol–water partition coefficient (Wildman–Crippen LogP) is -0.466. The Kier molecular flexibility index (Phi) is 2.27. The monoisotopic (exact) mass is 185 g/mol. The smallest absolute Gasteiger partial charge is 0.305 e. The van der Waals surface area contributed by atoms with Crippen LogP contribution in [0.1, 0.15) is 12.6 Å². The van der Waals surface area contributed by atoms with Crippen LogP contribution in [0, 0.1) is 10.1 Å². The van der Waals surface area contributed by atoms with Crippen molar-refractivity contribution in [1.29, 1.82) is 0 Å². The maximum Gasteiger partial charge on any atom is 0.353 e. The van der Waals surface area contributed by atoms with E-state index in [1.54, 1.807) is 11.9 Å². The lowest BCUT2D eigenvalue weighted by atomic mass is 10.3. The van der Waals surface area contributed by atoms with E-state index in [0.29, 0.717) is 0 Å². The molecule has 1 aromatic heterocycles. The van der Waals surface area contributed by atoms with E-state index in [2.05, 4.69) is 4.98 Å². The van der Waals surface area contributed by atoms with Crippen LogP contribution in [-0.2, 0) is 6.42 Å². The molecule has 70 valence electrons. The zero-order chi connectivity index (χ0) is 10.0. The quantitative estimate of drug-likeness (QED) is 0.479. The first-order valence-corrected chi connectivity index (χ1v) is 3.56. The van der Waals surface area contributed by atoms with E-state index in [9.17, 15) is 19.7 Å². The summed E-state index contributed by atoms with van der Waals surface area (Å²) in [6.45, 7) is 1.61. The van der Waals surface area contributed by atoms with Gasteiger partial charge in [-0.2, -0.15) is 0 Å². The van der Waals surface area contributed by atoms with E-state index in [1.807, 2.05) is 0 Å². The lowest BCUT2D eigenvalue weighted by Gasteiger charge is -1.96. The van der Waals surface area contributed by atoms with Crippen LogP contribution in [0.4, 0.5) is 5.69 Å². The molecule has 0 aromatic carbocycles. The molecule has 1 aromatic rings. The molecule has 1 rings (SSSR count). The third-order valence-corrected chi connectivity index (χ3v) is 1.53. The number of aromatic nitrogens is 2. The third-order valence-electron chi connectivity index (χ3n) is 1.53. The first kappa shape index (κ1) is 9.17. The Morgan fingerprint density at radius 2 is 2.00 bits per heavy atom. The lowest BCUT2D eigenvalue weighted by Crippen LogP contribution is -2.26. The molecule has 1 heterocycles. The van der Waals surface area contributed by atoms with Crippen molar-refractivity contribution in [1.82, 2.24) is 9.97 Å². The van der Waals surface area contributed by atoms with Gasteiger partial charge < -0.3 is 4.98 Å². The Labute approximate surface area is 71.6 Å². The number of nitrogens with zero attached hydrogens (tertiary/aromatic N) is 1. The molecule has 7 heteroatoms. The number of nitrogens with one attached hydrogen (secondary N) is 2. The fourth-order valence-electron chi connectivity index (χ4n) is 0.976. The van der Waals surface area contributed by atoms with E-state index in [1.165, 1.54) is 0 Å². The summed E-state index contributed by atoms with van der Waals surface area (Å²) in [5.41, 5.74) is -2.25. The molecule has 0 saturated heterocycles. The molecule has 0 aliphatic rings. The molecule has 0 bridgehead atoms. The van der Waals surface area contributed by atoms with Crippen molar-refractivity contribution >= 4 is 5.69 Å². The number of aromatic amines is 2. The number of aryl methyl sites for hydroxylation is 1. The van der Waals surface area contributed by atoms with E-state index in [0.717, 1.165) is 0 Å². The van der Waals surface area contributed by atoms with Gasteiger partial charge in [-0.25, -0.2) is 4.79 Å². The highest BCUT2D eigenvalue weighted by Crippen LogP contribution is 2.07. The van der Waals surface area contributed by atoms with Crippen LogP contribution >= 0.6 is 0 Å². The van der Waals surface area contributed by atoms with Crippen molar-refractivity contribution in [3.05, 3.63) is 36.6 Å². The van der Waals surface area contributed by atoms with Gasteiger partial charge in [0.25, 0.3) is 0 Å². The molecule has 0 unspecified atom stereocenters. The van der Waals surface area contributed by atoms with Gasteiger partial charge in [-0.3, -0.25) is 19.9 Å². The number of nitro groups is 1. The summed E-state index contributed by atoms with van der Waals surface area (Å²) in [6, 6.07) is 0. The van der Waals surface area contributed by atoms with Crippen LogP contribution in [0.25, 0.3) is 0 Å². The van der Waals surface area contributed by atoms with E-state index < -0.39 is 21.9 Å². The van der Waals surface area contributed by atoms with Gasteiger partial charge in [-0.15, -0.1) is 0 Å². The molecule has 0 radical (unpaired) electrons. The normalized spacial score (nSPS) is 9.92. The minimum absolute atomic E-state index is 0.0405. The molecule has 0 spiro atoms. The van der Waals surface area contributed by atoms with Crippen LogP contribution in [-0.4, -0.2) is 14.9 Å². The van der Waals surface area contributed by atoms with E-state index in [-0.39, 0.29) is 12.1 Å². The summed E-state index contributed by atoms with van der Waals surface area (Å²) in [5, 5.41) is 10.4. The van der Waals surface area contributed by atoms with Gasteiger partial charge in [0.2, 0.25) is 0 Å². The molecular weight excluding hydrogens is 178 g/mol. The van der Waals surface area contributed by atoms with E-state index in [4.69, 9.17) is 0 Å². The predicted molar refractivity (Wildman–Crippen MR) is 43.7 cm³/mol. The van der Waals surface area contributed by atoms with Crippen molar-refractivity contribution < 1.29 is 4.92 Å². The van der Waals surface area contributed by atoms with Crippen molar-refractivity contribution in [3.8, 4) is 0 Å². The van der Waals surface area contributed by atoms with Crippen LogP contribution in [0.15, 0.2) is 9.59 Å². The SMILES string of the molecule is CCc1[nH]c(=O)[nH]c(=O)c1[N+](=O)[O-]. The Morgan fingerprint density at radius 3 is 2.46 bits per heavy atom. The Morgan fingerprint density at radius 1 is 1.38 bits per heavy atom. The second-order valence-corrected chi connectivity index (χ2v) is 2.35. The van der Waals surface area contributed by atoms with Crippen molar-refractivity contribution in [2.24, 2.45) is 0 Å². The Bertz CT molecular complexity index is 444. The second-order valence-electron chi connectivity index (χ2n) is 2.35. The number of rotatable bonds is 2. The molecule has 0 saturated carbocycles. The van der Waals surface area contributed by atoms with Crippen LogP contribution in [0.2, 0.25) is 0 Å². The van der Waals surface area contributed by atoms with Crippen molar-refractivity contribution in [2.75, 3.05) is 0 Å². The molecule has 13 heavy (non-hydrogen) atoms. The summed E-state index contributed by atoms with van der Waals surface area (Å²) >= 11 is 0. The average Bonchev–Trinajstić information content (AvgIpc) is 2.01. The maximum absolute atomic E-state index is 10.9. The van der Waals surface area contributed by atoms with Crippen molar-refractivity contribution in [3.63, 3.8) is 0 Å². The summed E-state index contributed by atoms with van der Waals surface area (Å²) in [5.74, 6) is 0. The zero-order valence-corrected chi connectivity index (χ0v) is 6.79. The Balaban J connectivity index is 3.57. The number of H-pyrrole nitrogens is 2. The third kappa shape index (κ3) is 1.63. The summed E-state index contributed by atoms with van der Waals surface area (Å²) in [7, 11) is 0. The van der Waals surface area contributed by atoms with Gasteiger partial charge in [-0.05, 0) is 6.42 Å². The summed E-state index contributed by atoms with van der Waals surface area (Å²) in [4.78, 5) is 35.2. The number of hydrogen-bond acceptors (Lipinski definition) is 4. The minimum Gasteiger partial charge on any atom is -0.305 e. The van der Waals surface area contributed by atoms with Gasteiger partial charge in [0.15, 0.2) is 0 Å². The average molecular weight is 185 g/mol. The van der Waals surface area contributed by atoms with Gasteiger partial charge in [0.05, 0.1) is 4.92 Å². The molecular formula is C6H7N3O4. The summed E-state index contributed by atoms with van der Waals surface area (Å²) < 4.78 is 0. The first-order chi connectivity index (χ1) is 6.06. The second kappa shape index (κ2) is 3.21. The molecule has 0 atom stereocenters. The van der Waals surface area contributed by atoms with Gasteiger partial charge >= 0.3 is 16.9 Å². The maximum atomic E-state index is 10.9. The minimum atomic E-state index is -0.967. The highest BCUT2D eigenvalue weighted by Gasteiger charge is 2.18. The first-order valence-electron chi connectivity index (χ1n) is 3.56. The topological polar surface area (TPSA) is 109 Å². The molecule has 2 N–H and O–H groups in total. The largest absolute Gasteiger partial charge is 0.353 e. The molecule has 0 fully saturated rings. The van der Waals surface area contributed by atoms with Crippen LogP contribution in [0.3, 0.4) is 0 Å². The van der Waals surface area contributed by atoms with Gasteiger partial charge in [0.1, 0.15) is 5.69 Å². The Hall–Kier alpha value is -1.92. The van der Waals surface area contributed by atoms with Crippen molar-refractivity contribution in [2.45, 2.75) is 13.3 Å². The summed E-state index contributed by atoms with van der Waals surface area (Å²) in [6.07, 6.45) is 0.232. The fraction of sp³-hybridized carbons (Fsp3) is 0.333. The van der Waals surface area contributed by atoms with Crippen LogP contribution < -0.4 is 11.2 Å². The van der Waals surface area contributed by atoms with Crippen LogP contribution in [0.5, 0.6) is 0 Å². The zero-order valence-electron chi connectivity index (χ0n) is 6.79. The fourth-order valence-corrected chi connectivity index (χ4v) is 0.976. The van der Waals surface area contributed by atoms with Gasteiger partial charge in [-0.1, -0.05) is 6.92 Å². The molecule has 0 aliphatic heterocycles. The molecule has 0 aliphatic carbocycles. The lowest BCUT2D eigenvalue weighted by molar-refractivity contribution is -0.387. The molecule has 7 nitrogen and oxygen atoms in total. The van der Waals surface area contributed by atoms with E-state index >= 15 is 0 Å². The van der Waals surface area contributed by atoms with Gasteiger partial charge in [0, 0.05) is 0 Å².